The van der Waals surface area contributed by atoms with E-state index in [1.54, 1.807) is 0 Å². The van der Waals surface area contributed by atoms with Gasteiger partial charge in [-0.3, -0.25) is 4.57 Å². The monoisotopic (exact) mass is 257 g/mol. The van der Waals surface area contributed by atoms with Crippen LogP contribution in [-0.4, -0.2) is 45.7 Å². The first-order valence-electron chi connectivity index (χ1n) is 5.46. The van der Waals surface area contributed by atoms with Gasteiger partial charge in [0.05, 0.1) is 13.2 Å². The SMILES string of the molecule is Nc1ccn([C@@H]2O[C@@]3(CO)CO[C@H]3[C@H]2F)c(=O)n1. The Balaban J connectivity index is 1.96. The van der Waals surface area contributed by atoms with Gasteiger partial charge in [-0.1, -0.05) is 0 Å². The molecule has 2 aliphatic rings. The molecule has 98 valence electrons. The van der Waals surface area contributed by atoms with Gasteiger partial charge in [-0.25, -0.2) is 9.18 Å². The lowest BCUT2D eigenvalue weighted by Crippen LogP contribution is -2.60. The number of aliphatic hydroxyl groups excluding tert-OH is 1. The summed E-state index contributed by atoms with van der Waals surface area (Å²) >= 11 is 0. The molecule has 8 heteroatoms. The number of nitrogen functional groups attached to an aromatic ring is 1. The molecule has 0 aromatic carbocycles. The zero-order chi connectivity index (χ0) is 12.9. The summed E-state index contributed by atoms with van der Waals surface area (Å²) < 4.78 is 25.6. The van der Waals surface area contributed by atoms with E-state index in [0.29, 0.717) is 0 Å². The quantitative estimate of drug-likeness (QED) is 0.692. The molecule has 2 fully saturated rings. The molecule has 0 bridgehead atoms. The molecule has 2 aliphatic heterocycles. The van der Waals surface area contributed by atoms with Crippen LogP contribution in [0.15, 0.2) is 17.1 Å². The van der Waals surface area contributed by atoms with Crippen LogP contribution in [0, 0.1) is 0 Å². The van der Waals surface area contributed by atoms with Crippen LogP contribution in [0.4, 0.5) is 10.2 Å². The number of hydrogen-bond acceptors (Lipinski definition) is 6. The number of fused-ring (bicyclic) bond motifs is 1. The predicted octanol–water partition coefficient (Wildman–Crippen LogP) is -1.18. The minimum Gasteiger partial charge on any atom is -0.393 e. The highest BCUT2D eigenvalue weighted by Crippen LogP contribution is 2.46. The minimum atomic E-state index is -1.53. The highest BCUT2D eigenvalue weighted by atomic mass is 19.1. The molecule has 2 saturated heterocycles. The van der Waals surface area contributed by atoms with Gasteiger partial charge in [0, 0.05) is 6.20 Å². The maximum Gasteiger partial charge on any atom is 0.351 e. The molecule has 3 rings (SSSR count). The Bertz CT molecular complexity index is 532. The predicted molar refractivity (Wildman–Crippen MR) is 57.5 cm³/mol. The van der Waals surface area contributed by atoms with Crippen molar-refractivity contribution >= 4 is 5.82 Å². The van der Waals surface area contributed by atoms with E-state index in [2.05, 4.69) is 4.98 Å². The smallest absolute Gasteiger partial charge is 0.351 e. The molecule has 3 heterocycles. The van der Waals surface area contributed by atoms with Gasteiger partial charge in [0.15, 0.2) is 12.4 Å². The number of aliphatic hydroxyl groups is 1. The second kappa shape index (κ2) is 3.74. The highest BCUT2D eigenvalue weighted by Gasteiger charge is 2.63. The van der Waals surface area contributed by atoms with Crippen LogP contribution in [0.5, 0.6) is 0 Å². The summed E-state index contributed by atoms with van der Waals surface area (Å²) in [5.41, 5.74) is 3.61. The Kier molecular flexibility index (Phi) is 2.40. The van der Waals surface area contributed by atoms with Crippen molar-refractivity contribution < 1.29 is 19.0 Å². The molecule has 0 amide bonds. The molecule has 0 aliphatic carbocycles. The van der Waals surface area contributed by atoms with E-state index in [0.717, 1.165) is 4.57 Å². The second-order valence-electron chi connectivity index (χ2n) is 4.45. The summed E-state index contributed by atoms with van der Waals surface area (Å²) in [6.07, 6.45) is -2.21. The van der Waals surface area contributed by atoms with Crippen molar-refractivity contribution in [1.82, 2.24) is 9.55 Å². The molecule has 0 unspecified atom stereocenters. The van der Waals surface area contributed by atoms with Gasteiger partial charge in [-0.05, 0) is 6.07 Å². The third-order valence-corrected chi connectivity index (χ3v) is 3.34. The van der Waals surface area contributed by atoms with Gasteiger partial charge >= 0.3 is 5.69 Å². The van der Waals surface area contributed by atoms with Crippen molar-refractivity contribution in [3.8, 4) is 0 Å². The van der Waals surface area contributed by atoms with E-state index in [1.165, 1.54) is 12.3 Å². The Labute approximate surface area is 101 Å². The van der Waals surface area contributed by atoms with Crippen molar-refractivity contribution in [2.24, 2.45) is 0 Å². The Morgan fingerprint density at radius 3 is 3.00 bits per heavy atom. The van der Waals surface area contributed by atoms with Gasteiger partial charge < -0.3 is 20.3 Å². The lowest BCUT2D eigenvalue weighted by Gasteiger charge is -2.41. The molecule has 4 atom stereocenters. The van der Waals surface area contributed by atoms with Crippen LogP contribution in [0.1, 0.15) is 6.23 Å². The average molecular weight is 257 g/mol. The molecule has 0 saturated carbocycles. The van der Waals surface area contributed by atoms with Gasteiger partial charge in [0.1, 0.15) is 17.5 Å². The van der Waals surface area contributed by atoms with E-state index in [9.17, 15) is 14.3 Å². The van der Waals surface area contributed by atoms with E-state index < -0.39 is 29.8 Å². The first-order valence-corrected chi connectivity index (χ1v) is 5.46. The Hall–Kier alpha value is -1.51. The fourth-order valence-corrected chi connectivity index (χ4v) is 2.31. The van der Waals surface area contributed by atoms with E-state index >= 15 is 0 Å². The minimum absolute atomic E-state index is 0.0562. The first-order chi connectivity index (χ1) is 8.57. The molecule has 18 heavy (non-hydrogen) atoms. The molecule has 0 radical (unpaired) electrons. The first kappa shape index (κ1) is 11.6. The van der Waals surface area contributed by atoms with E-state index in [1.807, 2.05) is 0 Å². The number of halogens is 1. The van der Waals surface area contributed by atoms with Crippen molar-refractivity contribution in [3.63, 3.8) is 0 Å². The summed E-state index contributed by atoms with van der Waals surface area (Å²) in [6.45, 7) is -0.242. The lowest BCUT2D eigenvalue weighted by molar-refractivity contribution is -0.245. The van der Waals surface area contributed by atoms with Crippen LogP contribution in [0.25, 0.3) is 0 Å². The molecular formula is C10H12FN3O4. The Morgan fingerprint density at radius 2 is 2.50 bits per heavy atom. The van der Waals surface area contributed by atoms with Gasteiger partial charge in [0.2, 0.25) is 0 Å². The number of nitrogens with zero attached hydrogens (tertiary/aromatic N) is 2. The van der Waals surface area contributed by atoms with Crippen molar-refractivity contribution in [2.45, 2.75) is 24.1 Å². The molecule has 1 aromatic heterocycles. The molecule has 1 aromatic rings. The van der Waals surface area contributed by atoms with Crippen molar-refractivity contribution in [1.29, 1.82) is 0 Å². The number of ether oxygens (including phenoxy) is 2. The van der Waals surface area contributed by atoms with Gasteiger partial charge in [-0.15, -0.1) is 0 Å². The standard InChI is InChI=1S/C10H12FN3O4/c11-6-7-10(3-15,4-17-7)18-8(6)14-2-1-5(12)13-9(14)16/h1-2,6-8,15H,3-4H2,(H2,12,13,16)/t6-,7+,8-,10+/m1/s1. The zero-order valence-electron chi connectivity index (χ0n) is 9.32. The van der Waals surface area contributed by atoms with Crippen LogP contribution >= 0.6 is 0 Å². The van der Waals surface area contributed by atoms with E-state index in [-0.39, 0.29) is 19.0 Å². The van der Waals surface area contributed by atoms with Crippen molar-refractivity contribution in [3.05, 3.63) is 22.7 Å². The number of rotatable bonds is 2. The fraction of sp³-hybridized carbons (Fsp3) is 0.600. The number of aromatic nitrogens is 2. The van der Waals surface area contributed by atoms with Crippen LogP contribution in [0.3, 0.4) is 0 Å². The third-order valence-electron chi connectivity index (χ3n) is 3.34. The maximum atomic E-state index is 14.1. The van der Waals surface area contributed by atoms with Crippen molar-refractivity contribution in [2.75, 3.05) is 18.9 Å². The van der Waals surface area contributed by atoms with E-state index in [4.69, 9.17) is 15.2 Å². The lowest BCUT2D eigenvalue weighted by atomic mass is 9.92. The molecule has 3 N–H and O–H groups in total. The number of anilines is 1. The van der Waals surface area contributed by atoms with Crippen LogP contribution < -0.4 is 11.4 Å². The number of nitrogens with two attached hydrogens (primary N) is 1. The number of hydrogen-bond donors (Lipinski definition) is 2. The van der Waals surface area contributed by atoms with Crippen LogP contribution in [0.2, 0.25) is 0 Å². The third kappa shape index (κ3) is 1.39. The summed E-state index contributed by atoms with van der Waals surface area (Å²) in [7, 11) is 0. The largest absolute Gasteiger partial charge is 0.393 e. The van der Waals surface area contributed by atoms with Gasteiger partial charge in [-0.2, -0.15) is 4.98 Å². The summed E-state index contributed by atoms with van der Waals surface area (Å²) in [4.78, 5) is 15.1. The topological polar surface area (TPSA) is 99.6 Å². The molecule has 7 nitrogen and oxygen atoms in total. The fourth-order valence-electron chi connectivity index (χ4n) is 2.31. The maximum absolute atomic E-state index is 14.1. The Morgan fingerprint density at radius 1 is 1.72 bits per heavy atom. The molecular weight excluding hydrogens is 245 g/mol. The average Bonchev–Trinajstić information content (AvgIpc) is 2.48. The van der Waals surface area contributed by atoms with Crippen LogP contribution in [-0.2, 0) is 9.47 Å². The van der Waals surface area contributed by atoms with Gasteiger partial charge in [0.25, 0.3) is 0 Å². The normalized spacial score (nSPS) is 38.2. The zero-order valence-corrected chi connectivity index (χ0v) is 9.32. The summed E-state index contributed by atoms with van der Waals surface area (Å²) in [6, 6.07) is 1.38. The second-order valence-corrected chi connectivity index (χ2v) is 4.45. The summed E-state index contributed by atoms with van der Waals surface area (Å²) in [5, 5.41) is 9.25. The molecule has 0 spiro atoms. The summed E-state index contributed by atoms with van der Waals surface area (Å²) in [5.74, 6) is 0.0562. The number of alkyl halides is 1. The highest BCUT2D eigenvalue weighted by molar-refractivity contribution is 5.24.